The molecule has 0 aliphatic carbocycles. The maximum absolute atomic E-state index is 3.83. The van der Waals surface area contributed by atoms with Crippen LogP contribution in [0.2, 0.25) is 15.8 Å². The summed E-state index contributed by atoms with van der Waals surface area (Å²) in [5.74, 6) is 0. The van der Waals surface area contributed by atoms with Crippen LogP contribution in [0.25, 0.3) is 0 Å². The van der Waals surface area contributed by atoms with Crippen molar-refractivity contribution in [3.63, 3.8) is 0 Å². The minimum atomic E-state index is -0.483. The van der Waals surface area contributed by atoms with Crippen LogP contribution in [0.5, 0.6) is 0 Å². The van der Waals surface area contributed by atoms with E-state index in [0.717, 1.165) is 0 Å². The van der Waals surface area contributed by atoms with Crippen LogP contribution in [0.1, 0.15) is 135 Å². The molecule has 0 radical (unpaired) electrons. The van der Waals surface area contributed by atoms with Crippen LogP contribution in [-0.4, -0.2) is 14.1 Å². The number of hydrogen-bond acceptors (Lipinski definition) is 0. The van der Waals surface area contributed by atoms with Crippen molar-refractivity contribution in [1.29, 1.82) is 0 Å². The highest BCUT2D eigenvalue weighted by atomic mass is 27.2. The lowest BCUT2D eigenvalue weighted by atomic mass is 10.1. The standard InChI is InChI=1S/3C10H19.Al/c3*1-3-5-7-9-10-8-6-4-2;/h3*3H,1-2,4-10H2;. The lowest BCUT2D eigenvalue weighted by molar-refractivity contribution is 0.599. The topological polar surface area (TPSA) is 0 Å². The summed E-state index contributed by atoms with van der Waals surface area (Å²) in [6, 6.07) is 0. The summed E-state index contributed by atoms with van der Waals surface area (Å²) in [6.07, 6.45) is 35.9. The number of hydrogen-bond donors (Lipinski definition) is 0. The predicted molar refractivity (Wildman–Crippen MR) is 148 cm³/mol. The van der Waals surface area contributed by atoms with Crippen molar-refractivity contribution in [2.24, 2.45) is 0 Å². The van der Waals surface area contributed by atoms with Crippen LogP contribution in [0.3, 0.4) is 0 Å². The quantitative estimate of drug-likeness (QED) is 0.0671. The Bertz CT molecular complexity index is 316. The maximum atomic E-state index is 3.83. The van der Waals surface area contributed by atoms with Crippen molar-refractivity contribution in [2.45, 2.75) is 151 Å². The third-order valence-electron chi connectivity index (χ3n) is 6.81. The Morgan fingerprint density at radius 1 is 0.323 bits per heavy atom. The van der Waals surface area contributed by atoms with E-state index in [9.17, 15) is 0 Å². The molecule has 0 saturated heterocycles. The van der Waals surface area contributed by atoms with E-state index < -0.39 is 14.1 Å². The zero-order valence-corrected chi connectivity index (χ0v) is 22.6. The average Bonchev–Trinajstić information content (AvgIpc) is 2.78. The predicted octanol–water partition coefficient (Wildman–Crippen LogP) is 11.2. The highest BCUT2D eigenvalue weighted by molar-refractivity contribution is 6.58. The second-order valence-corrected chi connectivity index (χ2v) is 13.3. The molecule has 0 atom stereocenters. The molecular formula is C30H57Al. The van der Waals surface area contributed by atoms with E-state index in [0.29, 0.717) is 0 Å². The molecule has 0 rings (SSSR count). The van der Waals surface area contributed by atoms with Gasteiger partial charge in [-0.25, -0.2) is 0 Å². The van der Waals surface area contributed by atoms with Gasteiger partial charge in [-0.05, 0) is 38.5 Å². The molecule has 0 nitrogen and oxygen atoms in total. The van der Waals surface area contributed by atoms with Gasteiger partial charge in [0.1, 0.15) is 0 Å². The van der Waals surface area contributed by atoms with Crippen LogP contribution >= 0.6 is 0 Å². The van der Waals surface area contributed by atoms with E-state index in [1.807, 2.05) is 0 Å². The van der Waals surface area contributed by atoms with Crippen molar-refractivity contribution in [2.75, 3.05) is 0 Å². The smallest absolute Gasteiger partial charge is 0.103 e. The van der Waals surface area contributed by atoms with Crippen molar-refractivity contribution < 1.29 is 0 Å². The van der Waals surface area contributed by atoms with Gasteiger partial charge in [0.2, 0.25) is 0 Å². The van der Waals surface area contributed by atoms with E-state index in [2.05, 4.69) is 38.0 Å². The van der Waals surface area contributed by atoms with Crippen LogP contribution in [0, 0.1) is 0 Å². The van der Waals surface area contributed by atoms with Gasteiger partial charge >= 0.3 is 0 Å². The molecule has 0 spiro atoms. The molecule has 31 heavy (non-hydrogen) atoms. The zero-order chi connectivity index (χ0) is 22.7. The summed E-state index contributed by atoms with van der Waals surface area (Å²) in [5, 5.41) is 4.89. The molecule has 0 heterocycles. The highest BCUT2D eigenvalue weighted by Crippen LogP contribution is 2.20. The molecule has 0 aliphatic heterocycles. The molecule has 0 amide bonds. The largest absolute Gasteiger partial charge is 0.261 e. The van der Waals surface area contributed by atoms with Gasteiger partial charge in [0.05, 0.1) is 0 Å². The SMILES string of the molecule is C=CCCCCCCC[CH2][Al]([CH2]CCCCCCCC=C)[CH2]CCCCCCCC=C. The highest BCUT2D eigenvalue weighted by Gasteiger charge is 2.15. The average molecular weight is 445 g/mol. The van der Waals surface area contributed by atoms with Crippen molar-refractivity contribution in [3.8, 4) is 0 Å². The first-order valence-electron chi connectivity index (χ1n) is 14.2. The minimum Gasteiger partial charge on any atom is -0.103 e. The fraction of sp³-hybridized carbons (Fsp3) is 0.800. The summed E-state index contributed by atoms with van der Waals surface area (Å²) in [4.78, 5) is 0. The Kier molecular flexibility index (Phi) is 27.6. The Morgan fingerprint density at radius 2 is 0.548 bits per heavy atom. The first-order chi connectivity index (χ1) is 15.3. The van der Waals surface area contributed by atoms with Gasteiger partial charge < -0.3 is 0 Å². The lowest BCUT2D eigenvalue weighted by Gasteiger charge is -2.12. The number of unbranched alkanes of at least 4 members (excludes halogenated alkanes) is 18. The van der Waals surface area contributed by atoms with Crippen molar-refractivity contribution >= 4 is 14.1 Å². The van der Waals surface area contributed by atoms with Gasteiger partial charge in [0.25, 0.3) is 14.1 Å². The van der Waals surface area contributed by atoms with E-state index in [1.54, 1.807) is 15.8 Å². The lowest BCUT2D eigenvalue weighted by Crippen LogP contribution is -2.12. The summed E-state index contributed by atoms with van der Waals surface area (Å²) < 4.78 is 0. The van der Waals surface area contributed by atoms with Gasteiger partial charge in [0.15, 0.2) is 0 Å². The molecule has 0 aromatic heterocycles. The van der Waals surface area contributed by atoms with Crippen LogP contribution in [0.15, 0.2) is 38.0 Å². The van der Waals surface area contributed by atoms with Crippen LogP contribution in [-0.2, 0) is 0 Å². The number of allylic oxidation sites excluding steroid dienone is 3. The molecule has 0 saturated carbocycles. The Balaban J connectivity index is 3.86. The third-order valence-corrected chi connectivity index (χ3v) is 10.5. The van der Waals surface area contributed by atoms with Crippen molar-refractivity contribution in [3.05, 3.63) is 38.0 Å². The Morgan fingerprint density at radius 3 is 0.806 bits per heavy atom. The molecule has 0 aromatic carbocycles. The molecule has 180 valence electrons. The molecule has 0 unspecified atom stereocenters. The van der Waals surface area contributed by atoms with E-state index >= 15 is 0 Å². The van der Waals surface area contributed by atoms with Gasteiger partial charge in [-0.1, -0.05) is 130 Å². The second-order valence-electron chi connectivity index (χ2n) is 9.83. The van der Waals surface area contributed by atoms with E-state index in [4.69, 9.17) is 0 Å². The van der Waals surface area contributed by atoms with Gasteiger partial charge in [0, 0.05) is 0 Å². The van der Waals surface area contributed by atoms with Crippen molar-refractivity contribution in [1.82, 2.24) is 0 Å². The summed E-state index contributed by atoms with van der Waals surface area (Å²) in [7, 11) is 0. The van der Waals surface area contributed by atoms with Gasteiger partial charge in [-0.3, -0.25) is 0 Å². The van der Waals surface area contributed by atoms with Crippen LogP contribution < -0.4 is 0 Å². The molecule has 0 N–H and O–H groups in total. The molecule has 0 aromatic rings. The molecule has 0 fully saturated rings. The molecule has 0 bridgehead atoms. The molecular weight excluding hydrogens is 387 g/mol. The van der Waals surface area contributed by atoms with Gasteiger partial charge in [-0.15, -0.1) is 19.7 Å². The normalized spacial score (nSPS) is 10.8. The Hall–Kier alpha value is -0.248. The first-order valence-corrected chi connectivity index (χ1v) is 16.6. The second kappa shape index (κ2) is 27.8. The molecule has 1 heteroatoms. The fourth-order valence-electron chi connectivity index (χ4n) is 4.72. The number of rotatable bonds is 27. The minimum absolute atomic E-state index is 0.483. The summed E-state index contributed by atoms with van der Waals surface area (Å²) >= 11 is -0.483. The zero-order valence-electron chi connectivity index (χ0n) is 21.4. The van der Waals surface area contributed by atoms with E-state index in [1.165, 1.54) is 135 Å². The first kappa shape index (κ1) is 30.8. The monoisotopic (exact) mass is 444 g/mol. The fourth-order valence-corrected chi connectivity index (χ4v) is 8.18. The third kappa shape index (κ3) is 25.9. The summed E-state index contributed by atoms with van der Waals surface area (Å²) in [6.45, 7) is 11.5. The van der Waals surface area contributed by atoms with Gasteiger partial charge in [-0.2, -0.15) is 0 Å². The Labute approximate surface area is 202 Å². The van der Waals surface area contributed by atoms with Crippen LogP contribution in [0.4, 0.5) is 0 Å². The maximum Gasteiger partial charge on any atom is 0.261 e. The molecule has 0 aliphatic rings. The van der Waals surface area contributed by atoms with E-state index in [-0.39, 0.29) is 0 Å². The summed E-state index contributed by atoms with van der Waals surface area (Å²) in [5.41, 5.74) is 0.